The van der Waals surface area contributed by atoms with Gasteiger partial charge in [-0.25, -0.2) is 0 Å². The van der Waals surface area contributed by atoms with E-state index in [4.69, 9.17) is 5.11 Å². The quantitative estimate of drug-likeness (QED) is 0.647. The third-order valence-corrected chi connectivity index (χ3v) is 3.39. The average molecular weight is 189 g/mol. The molecule has 1 N–H and O–H groups in total. The Morgan fingerprint density at radius 2 is 2.50 bits per heavy atom. The molecular weight excluding hydrogens is 174 g/mol. The van der Waals surface area contributed by atoms with E-state index in [1.54, 1.807) is 11.8 Å². The van der Waals surface area contributed by atoms with Gasteiger partial charge in [-0.05, 0) is 13.0 Å². The maximum Gasteiger partial charge on any atom is 0.137 e. The molecule has 0 bridgehead atoms. The number of aliphatic hydroxyl groups excluding tert-OH is 1. The summed E-state index contributed by atoms with van der Waals surface area (Å²) >= 11 is 1.67. The van der Waals surface area contributed by atoms with Gasteiger partial charge in [0.25, 0.3) is 0 Å². The zero-order chi connectivity index (χ0) is 8.97. The molecule has 0 aliphatic carbocycles. The van der Waals surface area contributed by atoms with Gasteiger partial charge in [0.05, 0.1) is 18.0 Å². The van der Waals surface area contributed by atoms with Crippen molar-refractivity contribution in [2.45, 2.75) is 24.8 Å². The van der Waals surface area contributed by atoms with Crippen LogP contribution < -0.4 is 0 Å². The van der Waals surface area contributed by atoms with Crippen LogP contribution >= 0.6 is 11.8 Å². The van der Waals surface area contributed by atoms with E-state index in [1.807, 2.05) is 0 Å². The van der Waals surface area contributed by atoms with Crippen LogP contribution in [0.3, 0.4) is 0 Å². The van der Waals surface area contributed by atoms with Gasteiger partial charge in [-0.2, -0.15) is 0 Å². The summed E-state index contributed by atoms with van der Waals surface area (Å²) in [5, 5.41) is 9.14. The molecule has 12 heavy (non-hydrogen) atoms. The Balaban J connectivity index is 2.52. The van der Waals surface area contributed by atoms with Gasteiger partial charge in [0.15, 0.2) is 0 Å². The summed E-state index contributed by atoms with van der Waals surface area (Å²) in [6.07, 6.45) is 2.01. The first-order valence-electron chi connectivity index (χ1n) is 4.27. The number of aliphatic hydroxyl groups is 1. The Labute approximate surface area is 77.1 Å². The van der Waals surface area contributed by atoms with Crippen molar-refractivity contribution in [3.05, 3.63) is 0 Å². The molecule has 1 aliphatic rings. The Morgan fingerprint density at radius 1 is 1.75 bits per heavy atom. The van der Waals surface area contributed by atoms with Gasteiger partial charge in [0, 0.05) is 5.75 Å². The molecule has 4 heteroatoms. The third-order valence-electron chi connectivity index (χ3n) is 2.05. The molecule has 3 nitrogen and oxygen atoms in total. The second-order valence-electron chi connectivity index (χ2n) is 2.91. The van der Waals surface area contributed by atoms with Gasteiger partial charge >= 0.3 is 0 Å². The number of aldehydes is 1. The lowest BCUT2D eigenvalue weighted by atomic mass is 10.3. The summed E-state index contributed by atoms with van der Waals surface area (Å²) in [4.78, 5) is 12.7. The number of carbonyl (C=O) groups is 1. The molecular formula is C8H15NO2S. The van der Waals surface area contributed by atoms with E-state index in [0.717, 1.165) is 25.0 Å². The van der Waals surface area contributed by atoms with Crippen LogP contribution in [0.2, 0.25) is 0 Å². The predicted molar refractivity (Wildman–Crippen MR) is 50.2 cm³/mol. The Hall–Kier alpha value is -0.0600. The molecule has 0 amide bonds. The Morgan fingerprint density at radius 3 is 3.00 bits per heavy atom. The van der Waals surface area contributed by atoms with E-state index < -0.39 is 0 Å². The molecule has 1 fully saturated rings. The summed E-state index contributed by atoms with van der Waals surface area (Å²) < 4.78 is 0. The third kappa shape index (κ3) is 2.00. The highest BCUT2D eigenvalue weighted by Crippen LogP contribution is 2.27. The maximum absolute atomic E-state index is 10.6. The fourth-order valence-corrected chi connectivity index (χ4v) is 2.71. The fraction of sp³-hybridized carbons (Fsp3) is 0.875. The van der Waals surface area contributed by atoms with Crippen molar-refractivity contribution in [3.63, 3.8) is 0 Å². The average Bonchev–Trinajstić information content (AvgIpc) is 2.48. The molecule has 1 saturated heterocycles. The van der Waals surface area contributed by atoms with Crippen LogP contribution in [0.25, 0.3) is 0 Å². The predicted octanol–water partition coefficient (Wildman–Crippen LogP) is 0.331. The van der Waals surface area contributed by atoms with Crippen LogP contribution in [0, 0.1) is 0 Å². The highest BCUT2D eigenvalue weighted by Gasteiger charge is 2.32. The van der Waals surface area contributed by atoms with Crippen molar-refractivity contribution in [2.75, 3.05) is 18.9 Å². The molecule has 1 heterocycles. The molecule has 1 unspecified atom stereocenters. The molecule has 0 aromatic rings. The molecule has 0 saturated carbocycles. The smallest absolute Gasteiger partial charge is 0.137 e. The standard InChI is InChI=1S/C8H15NO2S/c1-2-3-9-7(4-10)6-12-8(9)5-11/h4,7-8,11H,2-3,5-6H2,1H3/t7-,8?/m1/s1. The van der Waals surface area contributed by atoms with Gasteiger partial charge in [-0.15, -0.1) is 11.8 Å². The number of rotatable bonds is 4. The Bertz CT molecular complexity index is 154. The van der Waals surface area contributed by atoms with Crippen molar-refractivity contribution in [3.8, 4) is 0 Å². The van der Waals surface area contributed by atoms with Gasteiger partial charge in [0.1, 0.15) is 6.29 Å². The van der Waals surface area contributed by atoms with Crippen LogP contribution in [0.15, 0.2) is 0 Å². The van der Waals surface area contributed by atoms with Crippen molar-refractivity contribution < 1.29 is 9.90 Å². The van der Waals surface area contributed by atoms with Crippen molar-refractivity contribution >= 4 is 18.0 Å². The number of carbonyl (C=O) groups excluding carboxylic acids is 1. The zero-order valence-electron chi connectivity index (χ0n) is 7.27. The van der Waals surface area contributed by atoms with Crippen molar-refractivity contribution in [2.24, 2.45) is 0 Å². The first-order chi connectivity index (χ1) is 5.83. The first kappa shape index (κ1) is 10.0. The monoisotopic (exact) mass is 189 g/mol. The van der Waals surface area contributed by atoms with Crippen LogP contribution in [0.1, 0.15) is 13.3 Å². The van der Waals surface area contributed by atoms with E-state index in [0.29, 0.717) is 0 Å². The van der Waals surface area contributed by atoms with E-state index in [9.17, 15) is 4.79 Å². The molecule has 0 spiro atoms. The van der Waals surface area contributed by atoms with E-state index >= 15 is 0 Å². The van der Waals surface area contributed by atoms with Gasteiger partial charge < -0.3 is 9.90 Å². The first-order valence-corrected chi connectivity index (χ1v) is 5.31. The second-order valence-corrected chi connectivity index (χ2v) is 4.12. The minimum absolute atomic E-state index is 0.0205. The number of hydrogen-bond donors (Lipinski definition) is 1. The van der Waals surface area contributed by atoms with Crippen molar-refractivity contribution in [1.29, 1.82) is 0 Å². The number of thioether (sulfide) groups is 1. The molecule has 0 aromatic heterocycles. The van der Waals surface area contributed by atoms with E-state index in [2.05, 4.69) is 11.8 Å². The lowest BCUT2D eigenvalue weighted by molar-refractivity contribution is -0.111. The minimum atomic E-state index is 0.0205. The molecule has 0 aromatic carbocycles. The van der Waals surface area contributed by atoms with E-state index in [1.165, 1.54) is 0 Å². The number of nitrogens with zero attached hydrogens (tertiary/aromatic N) is 1. The van der Waals surface area contributed by atoms with Crippen LogP contribution in [0.5, 0.6) is 0 Å². The maximum atomic E-state index is 10.6. The summed E-state index contributed by atoms with van der Waals surface area (Å²) in [7, 11) is 0. The van der Waals surface area contributed by atoms with Crippen LogP contribution in [0.4, 0.5) is 0 Å². The molecule has 70 valence electrons. The minimum Gasteiger partial charge on any atom is -0.394 e. The number of hydrogen-bond acceptors (Lipinski definition) is 4. The Kier molecular flexibility index (Phi) is 4.05. The largest absolute Gasteiger partial charge is 0.394 e. The zero-order valence-corrected chi connectivity index (χ0v) is 8.09. The summed E-state index contributed by atoms with van der Waals surface area (Å²) in [6, 6.07) is 0.0205. The fourth-order valence-electron chi connectivity index (χ4n) is 1.46. The lowest BCUT2D eigenvalue weighted by Crippen LogP contribution is -2.39. The molecule has 1 aliphatic heterocycles. The lowest BCUT2D eigenvalue weighted by Gasteiger charge is -2.24. The SMILES string of the molecule is CCCN1C(CO)SC[C@H]1C=O. The molecule has 1 rings (SSSR count). The van der Waals surface area contributed by atoms with E-state index in [-0.39, 0.29) is 18.0 Å². The topological polar surface area (TPSA) is 40.5 Å². The van der Waals surface area contributed by atoms with Gasteiger partial charge in [-0.1, -0.05) is 6.92 Å². The normalized spacial score (nSPS) is 30.8. The summed E-state index contributed by atoms with van der Waals surface area (Å²) in [5.74, 6) is 0.828. The molecule has 0 radical (unpaired) electrons. The van der Waals surface area contributed by atoms with Gasteiger partial charge in [0.2, 0.25) is 0 Å². The summed E-state index contributed by atoms with van der Waals surface area (Å²) in [6.45, 7) is 3.13. The highest BCUT2D eigenvalue weighted by molar-refractivity contribution is 8.00. The second kappa shape index (κ2) is 4.84. The van der Waals surface area contributed by atoms with Gasteiger partial charge in [-0.3, -0.25) is 4.90 Å². The van der Waals surface area contributed by atoms with Crippen molar-refractivity contribution in [1.82, 2.24) is 4.90 Å². The summed E-state index contributed by atoms with van der Waals surface area (Å²) in [5.41, 5.74) is 0. The van der Waals surface area contributed by atoms with Crippen LogP contribution in [-0.2, 0) is 4.79 Å². The van der Waals surface area contributed by atoms with Crippen LogP contribution in [-0.4, -0.2) is 46.6 Å². The molecule has 2 atom stereocenters. The highest BCUT2D eigenvalue weighted by atomic mass is 32.2.